The van der Waals surface area contributed by atoms with Gasteiger partial charge in [-0.1, -0.05) is 18.2 Å². The molecule has 1 aliphatic heterocycles. The monoisotopic (exact) mass is 478 g/mol. The van der Waals surface area contributed by atoms with Crippen LogP contribution in [0.4, 0.5) is 9.80 Å². The predicted molar refractivity (Wildman–Crippen MR) is 129 cm³/mol. The number of aromatic nitrogens is 2. The quantitative estimate of drug-likeness (QED) is 0.516. The molecular weight excluding hydrogens is 452 g/mol. The van der Waals surface area contributed by atoms with Crippen LogP contribution in [0.2, 0.25) is 0 Å². The molecule has 10 heteroatoms. The Bertz CT molecular complexity index is 1200. The van der Waals surface area contributed by atoms with Crippen LogP contribution in [0, 0.1) is 11.3 Å². The van der Waals surface area contributed by atoms with E-state index in [9.17, 15) is 14.9 Å². The SMILES string of the molecule is COc1ccccc1CCC(=O)Nc1sc2c(c1C#N)CCN(C(=O)NCCn1ccnc1)C2. The zero-order valence-corrected chi connectivity index (χ0v) is 19.7. The summed E-state index contributed by atoms with van der Waals surface area (Å²) in [6, 6.07) is 9.71. The molecular formula is C24H26N6O3S. The molecule has 9 nitrogen and oxygen atoms in total. The Balaban J connectivity index is 1.35. The number of amides is 3. The van der Waals surface area contributed by atoms with Gasteiger partial charge in [0.1, 0.15) is 16.8 Å². The van der Waals surface area contributed by atoms with Gasteiger partial charge in [0.05, 0.1) is 25.5 Å². The van der Waals surface area contributed by atoms with E-state index < -0.39 is 0 Å². The Morgan fingerprint density at radius 3 is 2.94 bits per heavy atom. The summed E-state index contributed by atoms with van der Waals surface area (Å²) in [5.41, 5.74) is 2.39. The van der Waals surface area contributed by atoms with Gasteiger partial charge in [0.25, 0.3) is 0 Å². The van der Waals surface area contributed by atoms with Crippen LogP contribution in [-0.4, -0.2) is 46.6 Å². The van der Waals surface area contributed by atoms with E-state index >= 15 is 0 Å². The first-order valence-electron chi connectivity index (χ1n) is 11.0. The number of hydrogen-bond acceptors (Lipinski definition) is 6. The first kappa shape index (κ1) is 23.3. The fourth-order valence-corrected chi connectivity index (χ4v) is 5.18. The summed E-state index contributed by atoms with van der Waals surface area (Å²) < 4.78 is 7.24. The molecule has 2 aromatic heterocycles. The third-order valence-corrected chi connectivity index (χ3v) is 6.86. The number of hydrogen-bond donors (Lipinski definition) is 2. The Hall–Kier alpha value is -3.84. The summed E-state index contributed by atoms with van der Waals surface area (Å²) in [5, 5.41) is 16.1. The van der Waals surface area contributed by atoms with E-state index in [1.165, 1.54) is 11.3 Å². The molecule has 1 aromatic carbocycles. The number of ether oxygens (including phenoxy) is 1. The molecule has 1 aliphatic rings. The van der Waals surface area contributed by atoms with Crippen LogP contribution in [0.3, 0.4) is 0 Å². The molecule has 2 N–H and O–H groups in total. The average molecular weight is 479 g/mol. The number of aryl methyl sites for hydroxylation is 1. The predicted octanol–water partition coefficient (Wildman–Crippen LogP) is 3.16. The van der Waals surface area contributed by atoms with Crippen LogP contribution in [-0.2, 0) is 30.7 Å². The topological polar surface area (TPSA) is 112 Å². The number of nitrogens with zero attached hydrogens (tertiary/aromatic N) is 4. The zero-order chi connectivity index (χ0) is 23.9. The summed E-state index contributed by atoms with van der Waals surface area (Å²) in [6.45, 7) is 2.09. The molecule has 0 atom stereocenters. The van der Waals surface area contributed by atoms with Gasteiger partial charge in [0.2, 0.25) is 5.91 Å². The fourth-order valence-electron chi connectivity index (χ4n) is 3.95. The van der Waals surface area contributed by atoms with Crippen LogP contribution in [0.15, 0.2) is 43.0 Å². The first-order valence-corrected chi connectivity index (χ1v) is 11.9. The van der Waals surface area contributed by atoms with Crippen molar-refractivity contribution in [1.82, 2.24) is 19.8 Å². The standard InChI is InChI=1S/C24H26N6O3S/c1-33-20-5-3-2-4-17(20)6-7-22(31)28-23-19(14-25)18-8-11-30(15-21(18)34-23)24(32)27-10-13-29-12-9-26-16-29/h2-5,9,12,16H,6-8,10-11,13,15H2,1H3,(H,27,32)(H,28,31). The number of rotatable bonds is 8. The maximum absolute atomic E-state index is 12.6. The smallest absolute Gasteiger partial charge is 0.317 e. The Labute approximate surface area is 202 Å². The second-order valence-electron chi connectivity index (χ2n) is 7.88. The van der Waals surface area contributed by atoms with Gasteiger partial charge in [-0.05, 0) is 30.0 Å². The number of anilines is 1. The van der Waals surface area contributed by atoms with E-state index in [0.717, 1.165) is 21.8 Å². The number of nitrogens with one attached hydrogen (secondary N) is 2. The minimum Gasteiger partial charge on any atom is -0.496 e. The molecule has 3 amide bonds. The van der Waals surface area contributed by atoms with Gasteiger partial charge < -0.3 is 24.8 Å². The van der Waals surface area contributed by atoms with Gasteiger partial charge >= 0.3 is 6.03 Å². The van der Waals surface area contributed by atoms with Crippen molar-refractivity contribution in [3.05, 3.63) is 64.6 Å². The lowest BCUT2D eigenvalue weighted by molar-refractivity contribution is -0.116. The van der Waals surface area contributed by atoms with Crippen LogP contribution in [0.25, 0.3) is 0 Å². The number of urea groups is 1. The molecule has 0 fully saturated rings. The maximum Gasteiger partial charge on any atom is 0.317 e. The number of benzene rings is 1. The van der Waals surface area contributed by atoms with E-state index in [4.69, 9.17) is 4.74 Å². The molecule has 34 heavy (non-hydrogen) atoms. The van der Waals surface area contributed by atoms with Crippen molar-refractivity contribution < 1.29 is 14.3 Å². The summed E-state index contributed by atoms with van der Waals surface area (Å²) in [6.07, 6.45) is 6.66. The molecule has 4 rings (SSSR count). The van der Waals surface area contributed by atoms with Crippen LogP contribution in [0.5, 0.6) is 5.75 Å². The molecule has 3 aromatic rings. The minimum atomic E-state index is -0.157. The van der Waals surface area contributed by atoms with Crippen LogP contribution >= 0.6 is 11.3 Å². The molecule has 3 heterocycles. The van der Waals surface area contributed by atoms with Crippen molar-refractivity contribution in [3.63, 3.8) is 0 Å². The highest BCUT2D eigenvalue weighted by molar-refractivity contribution is 7.16. The van der Waals surface area contributed by atoms with Crippen molar-refractivity contribution in [3.8, 4) is 11.8 Å². The Morgan fingerprint density at radius 1 is 1.32 bits per heavy atom. The van der Waals surface area contributed by atoms with Gasteiger partial charge in [-0.2, -0.15) is 5.26 Å². The normalized spacial score (nSPS) is 12.5. The highest BCUT2D eigenvalue weighted by Crippen LogP contribution is 2.36. The van der Waals surface area contributed by atoms with Gasteiger partial charge in [-0.3, -0.25) is 4.79 Å². The molecule has 0 spiro atoms. The molecule has 0 aliphatic carbocycles. The van der Waals surface area contributed by atoms with Gasteiger partial charge in [-0.15, -0.1) is 11.3 Å². The van der Waals surface area contributed by atoms with E-state index in [-0.39, 0.29) is 18.4 Å². The number of para-hydroxylation sites is 1. The summed E-state index contributed by atoms with van der Waals surface area (Å²) in [5.74, 6) is 0.595. The number of fused-ring (bicyclic) bond motifs is 1. The second kappa shape index (κ2) is 10.9. The maximum atomic E-state index is 12.6. The number of thiophene rings is 1. The van der Waals surface area contributed by atoms with Crippen molar-refractivity contribution in [2.75, 3.05) is 25.5 Å². The van der Waals surface area contributed by atoms with E-state index in [2.05, 4.69) is 21.7 Å². The van der Waals surface area contributed by atoms with Crippen molar-refractivity contribution in [1.29, 1.82) is 5.26 Å². The third-order valence-electron chi connectivity index (χ3n) is 5.73. The van der Waals surface area contributed by atoms with E-state index in [1.54, 1.807) is 24.5 Å². The highest BCUT2D eigenvalue weighted by Gasteiger charge is 2.27. The largest absolute Gasteiger partial charge is 0.496 e. The lowest BCUT2D eigenvalue weighted by Crippen LogP contribution is -2.43. The fraction of sp³-hybridized carbons (Fsp3) is 0.333. The second-order valence-corrected chi connectivity index (χ2v) is 8.99. The van der Waals surface area contributed by atoms with Crippen molar-refractivity contribution >= 4 is 28.3 Å². The molecule has 0 radical (unpaired) electrons. The van der Waals surface area contributed by atoms with Gasteiger partial charge in [0.15, 0.2) is 0 Å². The number of imidazole rings is 1. The summed E-state index contributed by atoms with van der Waals surface area (Å²) in [4.78, 5) is 31.9. The van der Waals surface area contributed by atoms with Gasteiger partial charge in [0, 0.05) is 43.3 Å². The summed E-state index contributed by atoms with van der Waals surface area (Å²) >= 11 is 1.37. The number of carbonyl (C=O) groups excluding carboxylic acids is 2. The summed E-state index contributed by atoms with van der Waals surface area (Å²) in [7, 11) is 1.61. The van der Waals surface area contributed by atoms with Crippen LogP contribution in [0.1, 0.15) is 28.0 Å². The van der Waals surface area contributed by atoms with E-state index in [1.807, 2.05) is 35.0 Å². The van der Waals surface area contributed by atoms with E-state index in [0.29, 0.717) is 49.6 Å². The lowest BCUT2D eigenvalue weighted by Gasteiger charge is -2.27. The molecule has 0 saturated heterocycles. The van der Waals surface area contributed by atoms with Gasteiger partial charge in [-0.25, -0.2) is 9.78 Å². The molecule has 0 saturated carbocycles. The number of nitriles is 1. The molecule has 0 bridgehead atoms. The minimum absolute atomic E-state index is 0.139. The van der Waals surface area contributed by atoms with Crippen molar-refractivity contribution in [2.24, 2.45) is 0 Å². The van der Waals surface area contributed by atoms with Crippen molar-refractivity contribution in [2.45, 2.75) is 32.4 Å². The lowest BCUT2D eigenvalue weighted by atomic mass is 10.0. The molecule has 176 valence electrons. The average Bonchev–Trinajstić information content (AvgIpc) is 3.49. The Kier molecular flexibility index (Phi) is 7.44. The third kappa shape index (κ3) is 5.38. The highest BCUT2D eigenvalue weighted by atomic mass is 32.1. The molecule has 0 unspecified atom stereocenters. The number of methoxy groups -OCH3 is 1. The Morgan fingerprint density at radius 2 is 2.18 bits per heavy atom. The number of carbonyl (C=O) groups is 2. The zero-order valence-electron chi connectivity index (χ0n) is 18.9. The van der Waals surface area contributed by atoms with Crippen LogP contribution < -0.4 is 15.4 Å². The first-order chi connectivity index (χ1) is 16.6.